The summed E-state index contributed by atoms with van der Waals surface area (Å²) in [5.74, 6) is 5.74. The second-order valence-corrected chi connectivity index (χ2v) is 5.75. The van der Waals surface area contributed by atoms with Gasteiger partial charge >= 0.3 is 0 Å². The van der Waals surface area contributed by atoms with Crippen LogP contribution in [0, 0.1) is 13.8 Å². The summed E-state index contributed by atoms with van der Waals surface area (Å²) in [7, 11) is 0. The first-order chi connectivity index (χ1) is 9.11. The quantitative estimate of drug-likeness (QED) is 0.664. The van der Waals surface area contributed by atoms with Crippen molar-refractivity contribution in [3.8, 4) is 0 Å². The van der Waals surface area contributed by atoms with Crippen molar-refractivity contribution < 1.29 is 0 Å². The fourth-order valence-corrected chi connectivity index (χ4v) is 2.53. The highest BCUT2D eigenvalue weighted by Gasteiger charge is 2.13. The predicted molar refractivity (Wildman–Crippen MR) is 83.8 cm³/mol. The van der Waals surface area contributed by atoms with Crippen LogP contribution >= 0.6 is 15.9 Å². The molecule has 2 aromatic carbocycles. The zero-order valence-electron chi connectivity index (χ0n) is 11.3. The molecule has 3 N–H and O–H groups in total. The van der Waals surface area contributed by atoms with Crippen LogP contribution in [0.25, 0.3) is 0 Å². The maximum absolute atomic E-state index is 5.74. The molecule has 2 nitrogen and oxygen atoms in total. The Balaban J connectivity index is 2.25. The van der Waals surface area contributed by atoms with Crippen molar-refractivity contribution in [3.05, 3.63) is 69.2 Å². The van der Waals surface area contributed by atoms with Gasteiger partial charge in [0, 0.05) is 4.47 Å². The van der Waals surface area contributed by atoms with E-state index in [0.29, 0.717) is 0 Å². The van der Waals surface area contributed by atoms with Gasteiger partial charge in [0.1, 0.15) is 0 Å². The van der Waals surface area contributed by atoms with E-state index in [-0.39, 0.29) is 6.04 Å². The van der Waals surface area contributed by atoms with Crippen molar-refractivity contribution in [3.63, 3.8) is 0 Å². The summed E-state index contributed by atoms with van der Waals surface area (Å²) in [6, 6.07) is 14.9. The Morgan fingerprint density at radius 1 is 1.11 bits per heavy atom. The number of hydrogen-bond acceptors (Lipinski definition) is 2. The first kappa shape index (κ1) is 14.3. The predicted octanol–water partition coefficient (Wildman–Crippen LogP) is 3.81. The van der Waals surface area contributed by atoms with Crippen molar-refractivity contribution >= 4 is 15.9 Å². The molecule has 1 unspecified atom stereocenters. The van der Waals surface area contributed by atoms with Crippen LogP contribution in [0.5, 0.6) is 0 Å². The molecule has 0 heterocycles. The lowest BCUT2D eigenvalue weighted by molar-refractivity contribution is 0.549. The zero-order valence-corrected chi connectivity index (χ0v) is 12.9. The molecule has 19 heavy (non-hydrogen) atoms. The van der Waals surface area contributed by atoms with Gasteiger partial charge in [0.25, 0.3) is 0 Å². The molecule has 0 aliphatic carbocycles. The maximum Gasteiger partial charge on any atom is 0.0503 e. The minimum atomic E-state index is 0.140. The summed E-state index contributed by atoms with van der Waals surface area (Å²) in [5.41, 5.74) is 8.08. The number of hydrazine groups is 1. The molecule has 2 aromatic rings. The molecule has 0 aliphatic rings. The van der Waals surface area contributed by atoms with E-state index in [9.17, 15) is 0 Å². The van der Waals surface area contributed by atoms with E-state index in [1.165, 1.54) is 22.3 Å². The van der Waals surface area contributed by atoms with Crippen LogP contribution in [0.4, 0.5) is 0 Å². The Hall–Kier alpha value is -1.16. The van der Waals surface area contributed by atoms with E-state index in [0.717, 1.165) is 10.9 Å². The normalized spacial score (nSPS) is 12.4. The van der Waals surface area contributed by atoms with Gasteiger partial charge in [0.05, 0.1) is 6.04 Å². The van der Waals surface area contributed by atoms with Gasteiger partial charge < -0.3 is 0 Å². The average molecular weight is 319 g/mol. The standard InChI is InChI=1S/C16H19BrN2/c1-11-4-3-5-15(12(11)2)16(19-18)10-13-6-8-14(17)9-7-13/h3-9,16,19H,10,18H2,1-2H3. The lowest BCUT2D eigenvalue weighted by Crippen LogP contribution is -2.30. The first-order valence-electron chi connectivity index (χ1n) is 6.38. The van der Waals surface area contributed by atoms with Gasteiger partial charge in [-0.05, 0) is 54.7 Å². The van der Waals surface area contributed by atoms with Gasteiger partial charge in [-0.3, -0.25) is 11.3 Å². The molecule has 3 heteroatoms. The third kappa shape index (κ3) is 3.44. The number of aryl methyl sites for hydroxylation is 1. The molecule has 0 aromatic heterocycles. The van der Waals surface area contributed by atoms with Crippen molar-refractivity contribution in [1.82, 2.24) is 5.43 Å². The number of rotatable bonds is 4. The largest absolute Gasteiger partial charge is 0.271 e. The highest BCUT2D eigenvalue weighted by molar-refractivity contribution is 9.10. The number of halogens is 1. The molecular formula is C16H19BrN2. The molecule has 0 aliphatic heterocycles. The molecule has 2 rings (SSSR count). The Morgan fingerprint density at radius 3 is 2.42 bits per heavy atom. The molecule has 0 amide bonds. The maximum atomic E-state index is 5.74. The molecule has 0 fully saturated rings. The van der Waals surface area contributed by atoms with Gasteiger partial charge in [-0.15, -0.1) is 0 Å². The summed E-state index contributed by atoms with van der Waals surface area (Å²) in [6.45, 7) is 4.28. The van der Waals surface area contributed by atoms with Crippen LogP contribution in [-0.4, -0.2) is 0 Å². The summed E-state index contributed by atoms with van der Waals surface area (Å²) < 4.78 is 1.10. The second-order valence-electron chi connectivity index (χ2n) is 4.84. The number of nitrogens with two attached hydrogens (primary N) is 1. The fraction of sp³-hybridized carbons (Fsp3) is 0.250. The first-order valence-corrected chi connectivity index (χ1v) is 7.18. The van der Waals surface area contributed by atoms with E-state index >= 15 is 0 Å². The third-order valence-electron chi connectivity index (χ3n) is 3.58. The van der Waals surface area contributed by atoms with Crippen LogP contribution in [0.3, 0.4) is 0 Å². The lowest BCUT2D eigenvalue weighted by atomic mass is 9.93. The SMILES string of the molecule is Cc1cccc(C(Cc2ccc(Br)cc2)NN)c1C. The van der Waals surface area contributed by atoms with Crippen LogP contribution in [-0.2, 0) is 6.42 Å². The number of benzene rings is 2. The highest BCUT2D eigenvalue weighted by atomic mass is 79.9. The molecule has 0 bridgehead atoms. The molecule has 0 saturated heterocycles. The average Bonchev–Trinajstić information content (AvgIpc) is 2.42. The van der Waals surface area contributed by atoms with E-state index in [2.05, 4.69) is 77.7 Å². The van der Waals surface area contributed by atoms with Gasteiger partial charge in [-0.2, -0.15) is 0 Å². The van der Waals surface area contributed by atoms with Gasteiger partial charge in [-0.25, -0.2) is 0 Å². The summed E-state index contributed by atoms with van der Waals surface area (Å²) >= 11 is 3.45. The van der Waals surface area contributed by atoms with Gasteiger partial charge in [-0.1, -0.05) is 46.3 Å². The molecule has 100 valence electrons. The summed E-state index contributed by atoms with van der Waals surface area (Å²) in [5, 5.41) is 0. The van der Waals surface area contributed by atoms with Crippen molar-refractivity contribution in [2.45, 2.75) is 26.3 Å². The van der Waals surface area contributed by atoms with E-state index in [4.69, 9.17) is 5.84 Å². The Morgan fingerprint density at radius 2 is 1.79 bits per heavy atom. The molecule has 0 saturated carbocycles. The number of hydrogen-bond donors (Lipinski definition) is 2. The van der Waals surface area contributed by atoms with E-state index < -0.39 is 0 Å². The van der Waals surface area contributed by atoms with Crippen molar-refractivity contribution in [1.29, 1.82) is 0 Å². The van der Waals surface area contributed by atoms with Gasteiger partial charge in [0.2, 0.25) is 0 Å². The van der Waals surface area contributed by atoms with Crippen LogP contribution in [0.15, 0.2) is 46.9 Å². The number of nitrogens with one attached hydrogen (secondary N) is 1. The smallest absolute Gasteiger partial charge is 0.0503 e. The van der Waals surface area contributed by atoms with E-state index in [1.54, 1.807) is 0 Å². The Labute approximate surface area is 123 Å². The van der Waals surface area contributed by atoms with Crippen LogP contribution < -0.4 is 11.3 Å². The zero-order chi connectivity index (χ0) is 13.8. The van der Waals surface area contributed by atoms with E-state index in [1.807, 2.05) is 0 Å². The van der Waals surface area contributed by atoms with Crippen LogP contribution in [0.2, 0.25) is 0 Å². The molecular weight excluding hydrogens is 300 g/mol. The topological polar surface area (TPSA) is 38.0 Å². The lowest BCUT2D eigenvalue weighted by Gasteiger charge is -2.20. The molecule has 0 spiro atoms. The summed E-state index contributed by atoms with van der Waals surface area (Å²) in [6.07, 6.45) is 0.883. The second kappa shape index (κ2) is 6.33. The molecule has 1 atom stereocenters. The molecule has 0 radical (unpaired) electrons. The minimum Gasteiger partial charge on any atom is -0.271 e. The van der Waals surface area contributed by atoms with Gasteiger partial charge in [0.15, 0.2) is 0 Å². The van der Waals surface area contributed by atoms with Crippen molar-refractivity contribution in [2.24, 2.45) is 5.84 Å². The minimum absolute atomic E-state index is 0.140. The third-order valence-corrected chi connectivity index (χ3v) is 4.10. The highest BCUT2D eigenvalue weighted by Crippen LogP contribution is 2.23. The summed E-state index contributed by atoms with van der Waals surface area (Å²) in [4.78, 5) is 0. The Bertz CT molecular complexity index is 549. The van der Waals surface area contributed by atoms with Crippen molar-refractivity contribution in [2.75, 3.05) is 0 Å². The Kier molecular flexibility index (Phi) is 4.75. The fourth-order valence-electron chi connectivity index (χ4n) is 2.27. The van der Waals surface area contributed by atoms with Crippen LogP contribution in [0.1, 0.15) is 28.3 Å². The monoisotopic (exact) mass is 318 g/mol.